The summed E-state index contributed by atoms with van der Waals surface area (Å²) in [5.74, 6) is 3.12. The molecule has 0 spiro atoms. The van der Waals surface area contributed by atoms with E-state index in [-0.39, 0.29) is 5.69 Å². The van der Waals surface area contributed by atoms with Crippen molar-refractivity contribution in [2.45, 2.75) is 25.8 Å². The number of nitrogens with zero attached hydrogens (tertiary/aromatic N) is 1. The summed E-state index contributed by atoms with van der Waals surface area (Å²) in [7, 11) is -1.54. The summed E-state index contributed by atoms with van der Waals surface area (Å²) in [6, 6.07) is 5.47. The van der Waals surface area contributed by atoms with E-state index in [2.05, 4.69) is 51.7 Å². The molecule has 0 radical (unpaired) electrons. The van der Waals surface area contributed by atoms with Gasteiger partial charge in [-0.2, -0.15) is 13.2 Å². The quantitative estimate of drug-likeness (QED) is 0.384. The third-order valence-corrected chi connectivity index (χ3v) is 4.71. The van der Waals surface area contributed by atoms with Crippen LogP contribution in [0.1, 0.15) is 11.1 Å². The van der Waals surface area contributed by atoms with Gasteiger partial charge in [0, 0.05) is 29.0 Å². The molecule has 2 amide bonds. The Kier molecular flexibility index (Phi) is 5.39. The second-order valence-corrected chi connectivity index (χ2v) is 12.2. The molecule has 0 aliphatic heterocycles. The van der Waals surface area contributed by atoms with Crippen LogP contribution in [0.3, 0.4) is 0 Å². The van der Waals surface area contributed by atoms with E-state index in [4.69, 9.17) is 0 Å². The maximum atomic E-state index is 12.6. The second-order valence-electron chi connectivity index (χ2n) is 7.48. The summed E-state index contributed by atoms with van der Waals surface area (Å²) in [5, 5.41) is 5.87. The van der Waals surface area contributed by atoms with E-state index in [1.807, 2.05) is 6.07 Å². The van der Waals surface area contributed by atoms with Gasteiger partial charge in [0.05, 0.1) is 11.3 Å². The van der Waals surface area contributed by atoms with Gasteiger partial charge in [0.15, 0.2) is 0 Å². The Morgan fingerprint density at radius 2 is 1.83 bits per heavy atom. The normalized spacial score (nSPS) is 11.7. The minimum Gasteiger partial charge on any atom is -0.344 e. The smallest absolute Gasteiger partial charge is 0.344 e. The van der Waals surface area contributed by atoms with Crippen LogP contribution in [0.5, 0.6) is 0 Å². The average molecular weight is 416 g/mol. The molecule has 3 N–H and O–H groups in total. The number of fused-ring (bicyclic) bond motifs is 1. The molecule has 0 aliphatic carbocycles. The first-order chi connectivity index (χ1) is 13.5. The highest BCUT2D eigenvalue weighted by Crippen LogP contribution is 2.30. The summed E-state index contributed by atoms with van der Waals surface area (Å²) in [4.78, 5) is 19.5. The Morgan fingerprint density at radius 1 is 1.14 bits per heavy atom. The maximum absolute atomic E-state index is 12.6. The molecule has 2 heterocycles. The number of benzene rings is 1. The Bertz CT molecular complexity index is 1100. The lowest BCUT2D eigenvalue weighted by Gasteiger charge is -2.09. The third kappa shape index (κ3) is 5.39. The fourth-order valence-electron chi connectivity index (χ4n) is 2.46. The lowest BCUT2D eigenvalue weighted by molar-refractivity contribution is -0.137. The molecular weight excluding hydrogens is 397 g/mol. The summed E-state index contributed by atoms with van der Waals surface area (Å²) in [6.45, 7) is 6.42. The van der Waals surface area contributed by atoms with Crippen LogP contribution in [-0.2, 0) is 6.18 Å². The van der Waals surface area contributed by atoms with E-state index >= 15 is 0 Å². The number of alkyl halides is 3. The Balaban J connectivity index is 1.75. The number of pyridine rings is 1. The third-order valence-electron chi connectivity index (χ3n) is 3.83. The zero-order valence-electron chi connectivity index (χ0n) is 16.0. The molecule has 150 valence electrons. The topological polar surface area (TPSA) is 69.8 Å². The Hall–Kier alpha value is -3.25. The summed E-state index contributed by atoms with van der Waals surface area (Å²) >= 11 is 0. The van der Waals surface area contributed by atoms with E-state index < -0.39 is 25.8 Å². The van der Waals surface area contributed by atoms with Gasteiger partial charge in [0.25, 0.3) is 0 Å². The number of urea groups is 1. The van der Waals surface area contributed by atoms with Gasteiger partial charge < -0.3 is 15.6 Å². The van der Waals surface area contributed by atoms with Crippen LogP contribution in [0.2, 0.25) is 19.6 Å². The number of carbonyl (C=O) groups excluding carboxylic acids is 1. The molecule has 0 saturated carbocycles. The standard InChI is InChI=1S/C20H19F3N4OSi/c1-29(2,3)9-8-13-10-16-17(12-25-18(16)24-11-13)27-19(28)26-15-6-4-14(5-7-15)20(21,22)23/h4-7,10-12H,1-3H3,(H,24,25)(H2,26,27,28). The molecule has 0 unspecified atom stereocenters. The zero-order chi connectivity index (χ0) is 21.2. The molecule has 5 nitrogen and oxygen atoms in total. The van der Waals surface area contributed by atoms with E-state index in [1.165, 1.54) is 12.1 Å². The first-order valence-corrected chi connectivity index (χ1v) is 12.3. The molecule has 0 atom stereocenters. The lowest BCUT2D eigenvalue weighted by Crippen LogP contribution is -2.19. The van der Waals surface area contributed by atoms with Crippen molar-refractivity contribution in [3.05, 3.63) is 53.9 Å². The average Bonchev–Trinajstić information content (AvgIpc) is 3.01. The van der Waals surface area contributed by atoms with Gasteiger partial charge in [-0.05, 0) is 30.3 Å². The van der Waals surface area contributed by atoms with E-state index in [1.54, 1.807) is 12.4 Å². The SMILES string of the molecule is C[Si](C)(C)C#Cc1cnc2[nH]cc(NC(=O)Nc3ccc(C(F)(F)F)cc3)c2c1. The van der Waals surface area contributed by atoms with Crippen molar-refractivity contribution in [2.24, 2.45) is 0 Å². The summed E-state index contributed by atoms with van der Waals surface area (Å²) in [6.07, 6.45) is -1.16. The van der Waals surface area contributed by atoms with Crippen molar-refractivity contribution in [3.8, 4) is 11.5 Å². The van der Waals surface area contributed by atoms with Crippen molar-refractivity contribution in [1.82, 2.24) is 9.97 Å². The predicted octanol–water partition coefficient (Wildman–Crippen LogP) is 5.45. The van der Waals surface area contributed by atoms with Crippen molar-refractivity contribution in [1.29, 1.82) is 0 Å². The summed E-state index contributed by atoms with van der Waals surface area (Å²) < 4.78 is 37.9. The van der Waals surface area contributed by atoms with Gasteiger partial charge in [-0.1, -0.05) is 25.6 Å². The van der Waals surface area contributed by atoms with Gasteiger partial charge >= 0.3 is 12.2 Å². The van der Waals surface area contributed by atoms with Gasteiger partial charge in [0.2, 0.25) is 0 Å². The molecule has 29 heavy (non-hydrogen) atoms. The van der Waals surface area contributed by atoms with Crippen LogP contribution in [0.15, 0.2) is 42.7 Å². The van der Waals surface area contributed by atoms with Gasteiger partial charge in [-0.15, -0.1) is 5.54 Å². The summed E-state index contributed by atoms with van der Waals surface area (Å²) in [5.41, 5.74) is 4.55. The number of amides is 2. The molecule has 0 fully saturated rings. The molecule has 0 bridgehead atoms. The van der Waals surface area contributed by atoms with Crippen LogP contribution in [0, 0.1) is 11.5 Å². The van der Waals surface area contributed by atoms with E-state index in [9.17, 15) is 18.0 Å². The maximum Gasteiger partial charge on any atom is 0.416 e. The number of hydrogen-bond donors (Lipinski definition) is 3. The molecule has 1 aromatic carbocycles. The zero-order valence-corrected chi connectivity index (χ0v) is 17.0. The van der Waals surface area contributed by atoms with Crippen LogP contribution in [0.25, 0.3) is 11.0 Å². The molecule has 2 aromatic heterocycles. The first kappa shape index (κ1) is 20.5. The Labute approximate surface area is 166 Å². The number of halogens is 3. The van der Waals surface area contributed by atoms with Crippen LogP contribution < -0.4 is 10.6 Å². The largest absolute Gasteiger partial charge is 0.416 e. The number of H-pyrrole nitrogens is 1. The van der Waals surface area contributed by atoms with Gasteiger partial charge in [-0.25, -0.2) is 9.78 Å². The fourth-order valence-corrected chi connectivity index (χ4v) is 2.98. The molecular formula is C20H19F3N4OSi. The van der Waals surface area contributed by atoms with Crippen molar-refractivity contribution < 1.29 is 18.0 Å². The number of rotatable bonds is 2. The van der Waals surface area contributed by atoms with Crippen LogP contribution in [-0.4, -0.2) is 24.1 Å². The number of anilines is 2. The van der Waals surface area contributed by atoms with E-state index in [0.717, 1.165) is 17.7 Å². The molecule has 0 saturated heterocycles. The van der Waals surface area contributed by atoms with Crippen molar-refractivity contribution in [2.75, 3.05) is 10.6 Å². The van der Waals surface area contributed by atoms with Gasteiger partial charge in [0.1, 0.15) is 13.7 Å². The minimum atomic E-state index is -4.42. The second kappa shape index (κ2) is 7.64. The molecule has 3 rings (SSSR count). The monoisotopic (exact) mass is 416 g/mol. The molecule has 3 aromatic rings. The number of hydrogen-bond acceptors (Lipinski definition) is 2. The highest BCUT2D eigenvalue weighted by Gasteiger charge is 2.30. The fraction of sp³-hybridized carbons (Fsp3) is 0.200. The Morgan fingerprint density at radius 3 is 2.45 bits per heavy atom. The van der Waals surface area contributed by atoms with Crippen LogP contribution >= 0.6 is 0 Å². The number of nitrogens with one attached hydrogen (secondary N) is 3. The van der Waals surface area contributed by atoms with E-state index in [0.29, 0.717) is 16.7 Å². The first-order valence-electron chi connectivity index (χ1n) is 8.77. The van der Waals surface area contributed by atoms with Crippen molar-refractivity contribution in [3.63, 3.8) is 0 Å². The minimum absolute atomic E-state index is 0.246. The highest BCUT2D eigenvalue weighted by molar-refractivity contribution is 6.83. The van der Waals surface area contributed by atoms with Crippen molar-refractivity contribution >= 4 is 36.5 Å². The predicted molar refractivity (Wildman–Crippen MR) is 110 cm³/mol. The number of carbonyl (C=O) groups is 1. The molecule has 9 heteroatoms. The van der Waals surface area contributed by atoms with Crippen LogP contribution in [0.4, 0.5) is 29.3 Å². The lowest BCUT2D eigenvalue weighted by atomic mass is 10.2. The highest BCUT2D eigenvalue weighted by atomic mass is 28.3. The number of aromatic nitrogens is 2. The van der Waals surface area contributed by atoms with Gasteiger partial charge in [-0.3, -0.25) is 0 Å². The number of aromatic amines is 1. The molecule has 0 aliphatic rings.